The van der Waals surface area contributed by atoms with Crippen LogP contribution in [0.2, 0.25) is 0 Å². The highest BCUT2D eigenvalue weighted by Crippen LogP contribution is 2.13. The van der Waals surface area contributed by atoms with Crippen LogP contribution in [0.3, 0.4) is 0 Å². The molecular formula is C16H15NO4S. The van der Waals surface area contributed by atoms with E-state index in [4.69, 9.17) is 10.5 Å². The van der Waals surface area contributed by atoms with E-state index in [1.165, 1.54) is 11.3 Å². The predicted molar refractivity (Wildman–Crippen MR) is 82.6 cm³/mol. The highest BCUT2D eigenvalue weighted by Gasteiger charge is 2.11. The summed E-state index contributed by atoms with van der Waals surface area (Å²) in [6.07, 6.45) is 0.191. The Kier molecular flexibility index (Phi) is 5.43. The number of ether oxygens (including phenoxy) is 1. The van der Waals surface area contributed by atoms with E-state index >= 15 is 0 Å². The summed E-state index contributed by atoms with van der Waals surface area (Å²) < 4.78 is 5.09. The lowest BCUT2D eigenvalue weighted by Crippen LogP contribution is -2.11. The fourth-order valence-electron chi connectivity index (χ4n) is 1.78. The van der Waals surface area contributed by atoms with Crippen LogP contribution in [0.5, 0.6) is 0 Å². The van der Waals surface area contributed by atoms with E-state index in [1.807, 2.05) is 5.38 Å². The number of carbonyl (C=O) groups excluding carboxylic acids is 3. The fourth-order valence-corrected chi connectivity index (χ4v) is 2.47. The molecule has 114 valence electrons. The zero-order valence-electron chi connectivity index (χ0n) is 11.8. The first kappa shape index (κ1) is 15.9. The van der Waals surface area contributed by atoms with E-state index in [1.54, 1.807) is 36.4 Å². The second-order valence-corrected chi connectivity index (χ2v) is 5.57. The molecule has 1 amide bonds. The van der Waals surface area contributed by atoms with Crippen LogP contribution in [0.4, 0.5) is 0 Å². The number of rotatable bonds is 7. The first-order valence-electron chi connectivity index (χ1n) is 6.67. The molecule has 5 nitrogen and oxygen atoms in total. The highest BCUT2D eigenvalue weighted by molar-refractivity contribution is 7.12. The van der Waals surface area contributed by atoms with E-state index in [9.17, 15) is 14.4 Å². The van der Waals surface area contributed by atoms with E-state index in [2.05, 4.69) is 0 Å². The van der Waals surface area contributed by atoms with Crippen LogP contribution >= 0.6 is 11.3 Å². The molecular weight excluding hydrogens is 302 g/mol. The van der Waals surface area contributed by atoms with Crippen LogP contribution in [0, 0.1) is 0 Å². The number of hydrogen-bond acceptors (Lipinski definition) is 5. The van der Waals surface area contributed by atoms with Gasteiger partial charge in [0.1, 0.15) is 6.61 Å². The van der Waals surface area contributed by atoms with E-state index < -0.39 is 11.9 Å². The Bertz CT molecular complexity index is 662. The summed E-state index contributed by atoms with van der Waals surface area (Å²) in [6.45, 7) is 0.102. The van der Waals surface area contributed by atoms with Gasteiger partial charge in [0, 0.05) is 12.0 Å². The third-order valence-corrected chi connectivity index (χ3v) is 3.90. The van der Waals surface area contributed by atoms with Gasteiger partial charge in [-0.2, -0.15) is 0 Å². The van der Waals surface area contributed by atoms with Crippen LogP contribution in [0.15, 0.2) is 41.8 Å². The van der Waals surface area contributed by atoms with Crippen LogP contribution in [-0.2, 0) is 16.1 Å². The van der Waals surface area contributed by atoms with Crippen molar-refractivity contribution in [2.24, 2.45) is 5.73 Å². The molecule has 0 saturated heterocycles. The molecule has 22 heavy (non-hydrogen) atoms. The number of ketones is 1. The molecule has 0 fully saturated rings. The summed E-state index contributed by atoms with van der Waals surface area (Å²) in [6, 6.07) is 10.0. The normalized spacial score (nSPS) is 10.2. The van der Waals surface area contributed by atoms with Crippen molar-refractivity contribution in [1.29, 1.82) is 0 Å². The molecule has 2 rings (SSSR count). The summed E-state index contributed by atoms with van der Waals surface area (Å²) in [4.78, 5) is 34.9. The number of amides is 1. The minimum Gasteiger partial charge on any atom is -0.461 e. The lowest BCUT2D eigenvalue weighted by molar-refractivity contribution is -0.144. The maximum Gasteiger partial charge on any atom is 0.306 e. The summed E-state index contributed by atoms with van der Waals surface area (Å²) >= 11 is 1.36. The standard InChI is InChI=1S/C16H15NO4S/c17-16(20)12-5-3-11(4-6-12)10-21-15(19)8-7-13(18)14-2-1-9-22-14/h1-6,9H,7-8,10H2,(H2,17,20). The molecule has 1 heterocycles. The maximum absolute atomic E-state index is 11.7. The van der Waals surface area contributed by atoms with Gasteiger partial charge in [0.05, 0.1) is 11.3 Å². The number of thiophene rings is 1. The van der Waals surface area contributed by atoms with Gasteiger partial charge >= 0.3 is 5.97 Å². The molecule has 0 bridgehead atoms. The van der Waals surface area contributed by atoms with Gasteiger partial charge in [-0.05, 0) is 29.1 Å². The third kappa shape index (κ3) is 4.53. The Hall–Kier alpha value is -2.47. The zero-order valence-corrected chi connectivity index (χ0v) is 12.6. The number of esters is 1. The number of nitrogens with two attached hydrogens (primary N) is 1. The quantitative estimate of drug-likeness (QED) is 0.628. The molecule has 0 aliphatic rings. The molecule has 1 aromatic carbocycles. The largest absolute Gasteiger partial charge is 0.461 e. The van der Waals surface area contributed by atoms with Crippen LogP contribution in [-0.4, -0.2) is 17.7 Å². The Balaban J connectivity index is 1.75. The number of benzene rings is 1. The van der Waals surface area contributed by atoms with Gasteiger partial charge in [-0.25, -0.2) is 0 Å². The first-order chi connectivity index (χ1) is 10.6. The molecule has 0 radical (unpaired) electrons. The Labute approximate surface area is 131 Å². The van der Waals surface area contributed by atoms with E-state index in [0.717, 1.165) is 5.56 Å². The van der Waals surface area contributed by atoms with Gasteiger partial charge in [-0.3, -0.25) is 14.4 Å². The molecule has 0 unspecified atom stereocenters. The Morgan fingerprint density at radius 1 is 1.05 bits per heavy atom. The van der Waals surface area contributed by atoms with E-state index in [0.29, 0.717) is 10.4 Å². The van der Waals surface area contributed by atoms with Crippen LogP contribution in [0.25, 0.3) is 0 Å². The van der Waals surface area contributed by atoms with Crippen LogP contribution in [0.1, 0.15) is 38.4 Å². The number of primary amides is 1. The molecule has 6 heteroatoms. The van der Waals surface area contributed by atoms with Crippen molar-refractivity contribution in [3.8, 4) is 0 Å². The average molecular weight is 317 g/mol. The van der Waals surface area contributed by atoms with Crippen molar-refractivity contribution in [1.82, 2.24) is 0 Å². The van der Waals surface area contributed by atoms with Crippen molar-refractivity contribution >= 4 is 29.0 Å². The van der Waals surface area contributed by atoms with Crippen molar-refractivity contribution in [3.63, 3.8) is 0 Å². The topological polar surface area (TPSA) is 86.5 Å². The van der Waals surface area contributed by atoms with E-state index in [-0.39, 0.29) is 25.2 Å². The van der Waals surface area contributed by atoms with Gasteiger partial charge in [-0.1, -0.05) is 18.2 Å². The molecule has 0 spiro atoms. The zero-order chi connectivity index (χ0) is 15.9. The van der Waals surface area contributed by atoms with Crippen molar-refractivity contribution in [2.45, 2.75) is 19.4 Å². The van der Waals surface area contributed by atoms with Gasteiger partial charge in [0.25, 0.3) is 0 Å². The van der Waals surface area contributed by atoms with Crippen molar-refractivity contribution in [2.75, 3.05) is 0 Å². The minimum atomic E-state index is -0.504. The minimum absolute atomic E-state index is 0.0517. The smallest absolute Gasteiger partial charge is 0.306 e. The SMILES string of the molecule is NC(=O)c1ccc(COC(=O)CCC(=O)c2cccs2)cc1. The monoisotopic (exact) mass is 317 g/mol. The van der Waals surface area contributed by atoms with Crippen molar-refractivity contribution < 1.29 is 19.1 Å². The van der Waals surface area contributed by atoms with Gasteiger partial charge in [-0.15, -0.1) is 11.3 Å². The Morgan fingerprint density at radius 2 is 1.77 bits per heavy atom. The molecule has 0 saturated carbocycles. The second-order valence-electron chi connectivity index (χ2n) is 4.62. The van der Waals surface area contributed by atoms with Crippen LogP contribution < -0.4 is 5.73 Å². The molecule has 0 aliphatic carbocycles. The fraction of sp³-hybridized carbons (Fsp3) is 0.188. The number of hydrogen-bond donors (Lipinski definition) is 1. The van der Waals surface area contributed by atoms with Gasteiger partial charge in [0.2, 0.25) is 5.91 Å². The summed E-state index contributed by atoms with van der Waals surface area (Å²) in [7, 11) is 0. The number of Topliss-reactive ketones (excluding diaryl/α,β-unsaturated/α-hetero) is 1. The van der Waals surface area contributed by atoms with Gasteiger partial charge in [0.15, 0.2) is 5.78 Å². The highest BCUT2D eigenvalue weighted by atomic mass is 32.1. The Morgan fingerprint density at radius 3 is 2.36 bits per heavy atom. The lowest BCUT2D eigenvalue weighted by Gasteiger charge is -2.05. The molecule has 0 aliphatic heterocycles. The third-order valence-electron chi connectivity index (χ3n) is 2.99. The maximum atomic E-state index is 11.7. The average Bonchev–Trinajstić information content (AvgIpc) is 3.05. The molecule has 1 aromatic heterocycles. The van der Waals surface area contributed by atoms with Crippen molar-refractivity contribution in [3.05, 3.63) is 57.8 Å². The summed E-state index contributed by atoms with van der Waals surface area (Å²) in [5, 5.41) is 1.82. The number of carbonyl (C=O) groups is 3. The second kappa shape index (κ2) is 7.51. The predicted octanol–water partition coefficient (Wildman–Crippen LogP) is 2.55. The van der Waals surface area contributed by atoms with Gasteiger partial charge < -0.3 is 10.5 Å². The molecule has 0 atom stereocenters. The summed E-state index contributed by atoms with van der Waals surface area (Å²) in [5.74, 6) is -0.989. The first-order valence-corrected chi connectivity index (χ1v) is 7.55. The molecule has 2 aromatic rings. The molecule has 2 N–H and O–H groups in total. The lowest BCUT2D eigenvalue weighted by atomic mass is 10.1. The summed E-state index contributed by atoms with van der Waals surface area (Å²) in [5.41, 5.74) is 6.29.